The Morgan fingerprint density at radius 2 is 1.87 bits per heavy atom. The number of amides is 1. The first kappa shape index (κ1) is 19.3. The van der Waals surface area contributed by atoms with Crippen molar-refractivity contribution in [3.8, 4) is 34.3 Å². The summed E-state index contributed by atoms with van der Waals surface area (Å²) in [5.74, 6) is 0.286. The van der Waals surface area contributed by atoms with Gasteiger partial charge in [0.25, 0.3) is 5.91 Å². The molecule has 4 aromatic rings. The predicted octanol–water partition coefficient (Wildman–Crippen LogP) is 2.80. The summed E-state index contributed by atoms with van der Waals surface area (Å²) in [6.45, 7) is 0. The van der Waals surface area contributed by atoms with Gasteiger partial charge in [-0.25, -0.2) is 9.97 Å². The topological polar surface area (TPSA) is 106 Å². The molecule has 0 unspecified atom stereocenters. The van der Waals surface area contributed by atoms with Gasteiger partial charge >= 0.3 is 6.01 Å². The second-order valence-electron chi connectivity index (χ2n) is 6.75. The Balaban J connectivity index is 1.82. The summed E-state index contributed by atoms with van der Waals surface area (Å²) < 4.78 is 10.5. The number of nitrogens with zero attached hydrogens (tertiary/aromatic N) is 5. The quantitative estimate of drug-likeness (QED) is 0.545. The van der Waals surface area contributed by atoms with Crippen molar-refractivity contribution in [1.82, 2.24) is 30.0 Å². The Bertz CT molecular complexity index is 1230. The molecule has 152 valence electrons. The second-order valence-corrected chi connectivity index (χ2v) is 6.75. The number of nitrogens with one attached hydrogen (secondary N) is 1. The Kier molecular flexibility index (Phi) is 5.01. The van der Waals surface area contributed by atoms with Gasteiger partial charge in [0.05, 0.1) is 19.8 Å². The number of fused-ring (bicyclic) bond motifs is 1. The highest BCUT2D eigenvalue weighted by Gasteiger charge is 2.18. The second kappa shape index (κ2) is 7.78. The Hall–Kier alpha value is -4.01. The molecule has 0 aliphatic rings. The molecule has 3 aromatic heterocycles. The predicted molar refractivity (Wildman–Crippen MR) is 111 cm³/mol. The zero-order chi connectivity index (χ0) is 21.3. The molecular weight excluding hydrogens is 384 g/mol. The van der Waals surface area contributed by atoms with Crippen LogP contribution in [0.5, 0.6) is 11.9 Å². The highest BCUT2D eigenvalue weighted by Crippen LogP contribution is 2.34. The maximum absolute atomic E-state index is 12.3. The van der Waals surface area contributed by atoms with Crippen LogP contribution in [0.4, 0.5) is 0 Å². The van der Waals surface area contributed by atoms with Crippen LogP contribution in [0.1, 0.15) is 10.4 Å². The lowest BCUT2D eigenvalue weighted by Gasteiger charge is -2.11. The molecule has 0 saturated heterocycles. The first-order valence-electron chi connectivity index (χ1n) is 9.13. The number of pyridine rings is 1. The fraction of sp³-hybridized carbons (Fsp3) is 0.190. The number of carbonyl (C=O) groups excluding carboxylic acids is 1. The molecule has 0 atom stereocenters. The summed E-state index contributed by atoms with van der Waals surface area (Å²) in [6, 6.07) is 9.60. The third kappa shape index (κ3) is 3.41. The highest BCUT2D eigenvalue weighted by molar-refractivity contribution is 5.97. The maximum atomic E-state index is 12.3. The van der Waals surface area contributed by atoms with E-state index >= 15 is 0 Å². The number of H-pyrrole nitrogens is 1. The van der Waals surface area contributed by atoms with E-state index in [-0.39, 0.29) is 11.9 Å². The van der Waals surface area contributed by atoms with Gasteiger partial charge in [-0.1, -0.05) is 12.1 Å². The Morgan fingerprint density at radius 1 is 1.03 bits per heavy atom. The van der Waals surface area contributed by atoms with Gasteiger partial charge in [-0.2, -0.15) is 10.1 Å². The van der Waals surface area contributed by atoms with Crippen molar-refractivity contribution >= 4 is 16.9 Å². The first-order chi connectivity index (χ1) is 14.5. The molecule has 1 aromatic carbocycles. The molecule has 1 amide bonds. The summed E-state index contributed by atoms with van der Waals surface area (Å²) in [6.07, 6.45) is 3.34. The number of aromatic amines is 1. The third-order valence-corrected chi connectivity index (χ3v) is 4.63. The molecular formula is C21H20N6O3. The average molecular weight is 404 g/mol. The van der Waals surface area contributed by atoms with Crippen LogP contribution >= 0.6 is 0 Å². The van der Waals surface area contributed by atoms with Gasteiger partial charge in [0.2, 0.25) is 5.88 Å². The van der Waals surface area contributed by atoms with Crippen LogP contribution in [0.3, 0.4) is 0 Å². The number of hydrogen-bond acceptors (Lipinski definition) is 7. The fourth-order valence-electron chi connectivity index (χ4n) is 3.12. The van der Waals surface area contributed by atoms with Crippen molar-refractivity contribution < 1.29 is 14.3 Å². The van der Waals surface area contributed by atoms with Gasteiger partial charge in [-0.15, -0.1) is 0 Å². The molecule has 30 heavy (non-hydrogen) atoms. The van der Waals surface area contributed by atoms with E-state index in [1.54, 1.807) is 37.5 Å². The van der Waals surface area contributed by atoms with E-state index in [1.807, 2.05) is 24.3 Å². The van der Waals surface area contributed by atoms with Crippen molar-refractivity contribution in [2.45, 2.75) is 0 Å². The van der Waals surface area contributed by atoms with E-state index in [9.17, 15) is 4.79 Å². The minimum atomic E-state index is -0.0602. The van der Waals surface area contributed by atoms with Gasteiger partial charge < -0.3 is 14.4 Å². The molecule has 4 rings (SSSR count). The summed E-state index contributed by atoms with van der Waals surface area (Å²) >= 11 is 0. The monoisotopic (exact) mass is 404 g/mol. The highest BCUT2D eigenvalue weighted by atomic mass is 16.5. The Morgan fingerprint density at radius 3 is 2.60 bits per heavy atom. The Labute approximate surface area is 172 Å². The lowest BCUT2D eigenvalue weighted by Crippen LogP contribution is -2.21. The van der Waals surface area contributed by atoms with E-state index in [0.717, 1.165) is 16.5 Å². The number of carbonyl (C=O) groups is 1. The molecule has 0 fully saturated rings. The summed E-state index contributed by atoms with van der Waals surface area (Å²) in [7, 11) is 6.47. The van der Waals surface area contributed by atoms with Gasteiger partial charge in [-0.05, 0) is 23.8 Å². The van der Waals surface area contributed by atoms with E-state index in [1.165, 1.54) is 14.2 Å². The van der Waals surface area contributed by atoms with Crippen LogP contribution < -0.4 is 9.47 Å². The van der Waals surface area contributed by atoms with Gasteiger partial charge in [0.1, 0.15) is 5.69 Å². The van der Waals surface area contributed by atoms with Crippen molar-refractivity contribution in [2.75, 3.05) is 28.3 Å². The molecule has 1 N–H and O–H groups in total. The summed E-state index contributed by atoms with van der Waals surface area (Å²) in [5, 5.41) is 8.09. The minimum Gasteiger partial charge on any atom is -0.480 e. The van der Waals surface area contributed by atoms with Crippen LogP contribution in [-0.4, -0.2) is 64.3 Å². The largest absolute Gasteiger partial charge is 0.480 e. The van der Waals surface area contributed by atoms with Crippen LogP contribution in [0, 0.1) is 0 Å². The SMILES string of the molecule is COc1ncc(-c2n[nH]c3ncc(-c4cccc(C(=O)N(C)C)c4)cc23)c(OC)n1. The average Bonchev–Trinajstić information content (AvgIpc) is 3.21. The number of aromatic nitrogens is 5. The van der Waals surface area contributed by atoms with Crippen molar-refractivity contribution in [3.05, 3.63) is 48.3 Å². The van der Waals surface area contributed by atoms with Crippen molar-refractivity contribution in [1.29, 1.82) is 0 Å². The number of ether oxygens (including phenoxy) is 2. The van der Waals surface area contributed by atoms with E-state index < -0.39 is 0 Å². The van der Waals surface area contributed by atoms with E-state index in [0.29, 0.717) is 28.3 Å². The van der Waals surface area contributed by atoms with Gasteiger partial charge in [0, 0.05) is 43.0 Å². The lowest BCUT2D eigenvalue weighted by molar-refractivity contribution is 0.0827. The molecule has 0 aliphatic heterocycles. The molecule has 0 bridgehead atoms. The molecule has 0 spiro atoms. The summed E-state index contributed by atoms with van der Waals surface area (Å²) in [4.78, 5) is 26.7. The zero-order valence-corrected chi connectivity index (χ0v) is 17.0. The standard InChI is InChI=1S/C21H20N6O3/c1-27(2)20(28)13-7-5-6-12(8-13)14-9-15-17(25-26-18(15)22-10-14)16-11-23-21(30-4)24-19(16)29-3/h5-11H,1-4H3,(H,22,25,26). The molecule has 0 saturated carbocycles. The lowest BCUT2D eigenvalue weighted by atomic mass is 10.0. The minimum absolute atomic E-state index is 0.0602. The van der Waals surface area contributed by atoms with E-state index in [4.69, 9.17) is 9.47 Å². The number of benzene rings is 1. The van der Waals surface area contributed by atoms with Crippen LogP contribution in [0.25, 0.3) is 33.4 Å². The van der Waals surface area contributed by atoms with Crippen molar-refractivity contribution in [2.24, 2.45) is 0 Å². The number of rotatable bonds is 5. The smallest absolute Gasteiger partial charge is 0.319 e. The van der Waals surface area contributed by atoms with Crippen LogP contribution in [-0.2, 0) is 0 Å². The summed E-state index contributed by atoms with van der Waals surface area (Å²) in [5.41, 5.74) is 4.18. The third-order valence-electron chi connectivity index (χ3n) is 4.63. The molecule has 3 heterocycles. The fourth-order valence-corrected chi connectivity index (χ4v) is 3.12. The molecule has 0 aliphatic carbocycles. The van der Waals surface area contributed by atoms with Gasteiger partial charge in [0.15, 0.2) is 5.65 Å². The van der Waals surface area contributed by atoms with Crippen LogP contribution in [0.2, 0.25) is 0 Å². The van der Waals surface area contributed by atoms with Crippen LogP contribution in [0.15, 0.2) is 42.7 Å². The zero-order valence-electron chi connectivity index (χ0n) is 17.0. The first-order valence-corrected chi connectivity index (χ1v) is 9.13. The van der Waals surface area contributed by atoms with E-state index in [2.05, 4.69) is 25.1 Å². The number of methoxy groups -OCH3 is 2. The normalized spacial score (nSPS) is 10.8. The molecule has 9 heteroatoms. The molecule has 9 nitrogen and oxygen atoms in total. The van der Waals surface area contributed by atoms with Gasteiger partial charge in [-0.3, -0.25) is 9.89 Å². The maximum Gasteiger partial charge on any atom is 0.319 e. The number of hydrogen-bond donors (Lipinski definition) is 1. The molecule has 0 radical (unpaired) electrons. The van der Waals surface area contributed by atoms with Crippen molar-refractivity contribution in [3.63, 3.8) is 0 Å².